The molecule has 3 rings (SSSR count). The van der Waals surface area contributed by atoms with Crippen molar-refractivity contribution in [3.63, 3.8) is 0 Å². The Balaban J connectivity index is 1.87. The average molecular weight is 271 g/mol. The Labute approximate surface area is 116 Å². The minimum atomic E-state index is 0.386. The van der Waals surface area contributed by atoms with Gasteiger partial charge in [0.15, 0.2) is 5.82 Å². The molecule has 0 aromatic carbocycles. The summed E-state index contributed by atoms with van der Waals surface area (Å²) in [6.07, 6.45) is 5.29. The topological polar surface area (TPSA) is 68.2 Å². The fourth-order valence-corrected chi connectivity index (χ4v) is 2.00. The van der Waals surface area contributed by atoms with Gasteiger partial charge in [-0.25, -0.2) is 14.5 Å². The van der Waals surface area contributed by atoms with Crippen molar-refractivity contribution in [2.75, 3.05) is 5.32 Å². The maximum atomic E-state index is 5.44. The first-order valence-corrected chi connectivity index (χ1v) is 6.63. The molecule has 1 N–H and O–H groups in total. The van der Waals surface area contributed by atoms with E-state index in [4.69, 9.17) is 4.42 Å². The molecule has 0 saturated heterocycles. The first-order valence-electron chi connectivity index (χ1n) is 6.63. The minimum Gasteiger partial charge on any atom is -0.444 e. The Morgan fingerprint density at radius 3 is 2.90 bits per heavy atom. The second-order valence-corrected chi connectivity index (χ2v) is 5.05. The molecule has 3 heterocycles. The first-order chi connectivity index (χ1) is 9.63. The van der Waals surface area contributed by atoms with Crippen molar-refractivity contribution in [1.82, 2.24) is 19.6 Å². The summed E-state index contributed by atoms with van der Waals surface area (Å²) < 4.78 is 7.28. The number of oxazole rings is 1. The summed E-state index contributed by atoms with van der Waals surface area (Å²) in [4.78, 5) is 8.53. The number of aromatic nitrogens is 4. The molecule has 0 aliphatic rings. The fraction of sp³-hybridized carbons (Fsp3) is 0.357. The van der Waals surface area contributed by atoms with Crippen molar-refractivity contribution >= 4 is 11.3 Å². The van der Waals surface area contributed by atoms with Gasteiger partial charge in [0.05, 0.1) is 18.4 Å². The van der Waals surface area contributed by atoms with Gasteiger partial charge < -0.3 is 9.73 Å². The molecule has 0 amide bonds. The van der Waals surface area contributed by atoms with Gasteiger partial charge in [-0.05, 0) is 18.9 Å². The van der Waals surface area contributed by atoms with Gasteiger partial charge in [0, 0.05) is 12.4 Å². The lowest BCUT2D eigenvalue weighted by molar-refractivity contribution is 0.479. The van der Waals surface area contributed by atoms with Crippen molar-refractivity contribution < 1.29 is 4.42 Å². The Hall–Kier alpha value is -2.37. The van der Waals surface area contributed by atoms with Crippen molar-refractivity contribution in [3.8, 4) is 0 Å². The van der Waals surface area contributed by atoms with Crippen LogP contribution in [0.1, 0.15) is 37.1 Å². The van der Waals surface area contributed by atoms with Crippen LogP contribution in [0.4, 0.5) is 5.82 Å². The number of nitrogens with zero attached hydrogens (tertiary/aromatic N) is 4. The van der Waals surface area contributed by atoms with Gasteiger partial charge in [-0.2, -0.15) is 5.10 Å². The van der Waals surface area contributed by atoms with Crippen molar-refractivity contribution in [3.05, 3.63) is 42.0 Å². The molecule has 104 valence electrons. The van der Waals surface area contributed by atoms with Gasteiger partial charge in [-0.3, -0.25) is 0 Å². The lowest BCUT2D eigenvalue weighted by Gasteiger charge is -2.04. The van der Waals surface area contributed by atoms with Crippen LogP contribution < -0.4 is 5.32 Å². The molecular formula is C14H17N5O. The van der Waals surface area contributed by atoms with Crippen LogP contribution in [-0.2, 0) is 6.54 Å². The van der Waals surface area contributed by atoms with Crippen molar-refractivity contribution in [2.45, 2.75) is 33.2 Å². The van der Waals surface area contributed by atoms with Crippen LogP contribution in [0.5, 0.6) is 0 Å². The monoisotopic (exact) mass is 271 g/mol. The molecule has 0 aliphatic heterocycles. The fourth-order valence-electron chi connectivity index (χ4n) is 2.00. The van der Waals surface area contributed by atoms with E-state index in [2.05, 4.69) is 40.3 Å². The molecular weight excluding hydrogens is 254 g/mol. The second kappa shape index (κ2) is 4.96. The zero-order chi connectivity index (χ0) is 14.1. The summed E-state index contributed by atoms with van der Waals surface area (Å²) in [6.45, 7) is 6.62. The third-order valence-electron chi connectivity index (χ3n) is 3.08. The molecule has 20 heavy (non-hydrogen) atoms. The van der Waals surface area contributed by atoms with Crippen LogP contribution in [0.3, 0.4) is 0 Å². The molecule has 0 atom stereocenters. The number of hydrogen-bond acceptors (Lipinski definition) is 5. The Kier molecular flexibility index (Phi) is 3.14. The van der Waals surface area contributed by atoms with Gasteiger partial charge in [0.2, 0.25) is 5.89 Å². The number of fused-ring (bicyclic) bond motifs is 1. The predicted octanol–water partition coefficient (Wildman–Crippen LogP) is 2.76. The van der Waals surface area contributed by atoms with Crippen LogP contribution in [0, 0.1) is 6.92 Å². The molecule has 0 radical (unpaired) electrons. The summed E-state index contributed by atoms with van der Waals surface area (Å²) in [7, 11) is 0. The lowest BCUT2D eigenvalue weighted by atomic mass is 10.1. The normalized spacial score (nSPS) is 11.4. The third-order valence-corrected chi connectivity index (χ3v) is 3.08. The largest absolute Gasteiger partial charge is 0.444 e. The summed E-state index contributed by atoms with van der Waals surface area (Å²) in [5.41, 5.74) is 2.01. The Bertz CT molecular complexity index is 728. The molecule has 0 bridgehead atoms. The lowest BCUT2D eigenvalue weighted by Crippen LogP contribution is -2.03. The van der Waals surface area contributed by atoms with E-state index in [0.29, 0.717) is 18.4 Å². The van der Waals surface area contributed by atoms with Gasteiger partial charge in [-0.15, -0.1) is 0 Å². The summed E-state index contributed by atoms with van der Waals surface area (Å²) >= 11 is 0. The SMILES string of the molecule is Cc1cnc(CNc2nccn3nc(C(C)C)cc23)o1. The van der Waals surface area contributed by atoms with E-state index in [1.807, 2.05) is 17.6 Å². The average Bonchev–Trinajstić information content (AvgIpc) is 3.02. The number of nitrogens with one attached hydrogen (secondary N) is 1. The third kappa shape index (κ3) is 2.36. The second-order valence-electron chi connectivity index (χ2n) is 5.05. The summed E-state index contributed by atoms with van der Waals surface area (Å²) in [5, 5.41) is 7.77. The smallest absolute Gasteiger partial charge is 0.213 e. The van der Waals surface area contributed by atoms with Gasteiger partial charge in [-0.1, -0.05) is 13.8 Å². The summed E-state index contributed by atoms with van der Waals surface area (Å²) in [6, 6.07) is 2.06. The highest BCUT2D eigenvalue weighted by Crippen LogP contribution is 2.20. The number of hydrogen-bond donors (Lipinski definition) is 1. The van der Waals surface area contributed by atoms with Crippen molar-refractivity contribution in [2.24, 2.45) is 0 Å². The highest BCUT2D eigenvalue weighted by molar-refractivity contribution is 5.67. The van der Waals surface area contributed by atoms with Crippen LogP contribution in [-0.4, -0.2) is 19.6 Å². The highest BCUT2D eigenvalue weighted by Gasteiger charge is 2.10. The van der Waals surface area contributed by atoms with E-state index in [1.54, 1.807) is 12.4 Å². The van der Waals surface area contributed by atoms with E-state index in [9.17, 15) is 0 Å². The van der Waals surface area contributed by atoms with E-state index in [1.165, 1.54) is 0 Å². The maximum Gasteiger partial charge on any atom is 0.213 e. The predicted molar refractivity (Wildman–Crippen MR) is 75.6 cm³/mol. The zero-order valence-electron chi connectivity index (χ0n) is 11.8. The Morgan fingerprint density at radius 2 is 2.20 bits per heavy atom. The van der Waals surface area contributed by atoms with E-state index in [0.717, 1.165) is 22.8 Å². The van der Waals surface area contributed by atoms with Crippen LogP contribution in [0.15, 0.2) is 29.1 Å². The molecule has 0 spiro atoms. The van der Waals surface area contributed by atoms with Gasteiger partial charge >= 0.3 is 0 Å². The number of aryl methyl sites for hydroxylation is 1. The molecule has 6 nitrogen and oxygen atoms in total. The standard InChI is InChI=1S/C14H17N5O/c1-9(2)11-6-12-14(15-4-5-19(12)18-11)17-8-13-16-7-10(3)20-13/h4-7,9H,8H2,1-3H3,(H,15,17). The molecule has 3 aromatic rings. The minimum absolute atomic E-state index is 0.386. The van der Waals surface area contributed by atoms with Crippen molar-refractivity contribution in [1.29, 1.82) is 0 Å². The van der Waals surface area contributed by atoms with E-state index in [-0.39, 0.29) is 0 Å². The highest BCUT2D eigenvalue weighted by atomic mass is 16.4. The van der Waals surface area contributed by atoms with Gasteiger partial charge in [0.25, 0.3) is 0 Å². The first kappa shape index (κ1) is 12.7. The molecule has 0 fully saturated rings. The van der Waals surface area contributed by atoms with Crippen LogP contribution >= 0.6 is 0 Å². The summed E-state index contributed by atoms with van der Waals surface area (Å²) in [5.74, 6) is 2.62. The zero-order valence-corrected chi connectivity index (χ0v) is 11.8. The van der Waals surface area contributed by atoms with Crippen LogP contribution in [0.25, 0.3) is 5.52 Å². The Morgan fingerprint density at radius 1 is 1.35 bits per heavy atom. The maximum absolute atomic E-state index is 5.44. The van der Waals surface area contributed by atoms with Gasteiger partial charge in [0.1, 0.15) is 11.3 Å². The molecule has 0 saturated carbocycles. The molecule has 6 heteroatoms. The van der Waals surface area contributed by atoms with E-state index < -0.39 is 0 Å². The molecule has 0 unspecified atom stereocenters. The number of anilines is 1. The molecule has 0 aliphatic carbocycles. The number of rotatable bonds is 4. The van der Waals surface area contributed by atoms with E-state index >= 15 is 0 Å². The van der Waals surface area contributed by atoms with Crippen LogP contribution in [0.2, 0.25) is 0 Å². The molecule has 3 aromatic heterocycles. The quantitative estimate of drug-likeness (QED) is 0.790.